The molecule has 0 radical (unpaired) electrons. The number of hydrogen-bond donors (Lipinski definition) is 1. The number of pyridine rings is 1. The standard InChI is InChI=1S/C14H14N4O/c1-3-5-13(19)17-14(11-6-4-7-15-8-11)12-9-16-18(2)10-12/h4,6-10,14H,1-2H3,(H,17,19). The highest BCUT2D eigenvalue weighted by molar-refractivity contribution is 5.93. The SMILES string of the molecule is CC#CC(=O)NC(c1cccnc1)c1cnn(C)c1. The van der Waals surface area contributed by atoms with E-state index in [0.717, 1.165) is 11.1 Å². The Balaban J connectivity index is 2.33. The molecule has 0 spiro atoms. The van der Waals surface area contributed by atoms with Crippen LogP contribution in [0.4, 0.5) is 0 Å². The van der Waals surface area contributed by atoms with Crippen LogP contribution in [0.3, 0.4) is 0 Å². The van der Waals surface area contributed by atoms with E-state index in [1.807, 2.05) is 25.4 Å². The summed E-state index contributed by atoms with van der Waals surface area (Å²) in [6.07, 6.45) is 6.99. The van der Waals surface area contributed by atoms with Gasteiger partial charge in [-0.15, -0.1) is 0 Å². The summed E-state index contributed by atoms with van der Waals surface area (Å²) in [5.74, 6) is 4.74. The van der Waals surface area contributed by atoms with E-state index in [9.17, 15) is 4.79 Å². The van der Waals surface area contributed by atoms with E-state index in [1.165, 1.54) is 0 Å². The van der Waals surface area contributed by atoms with Gasteiger partial charge in [-0.2, -0.15) is 5.10 Å². The van der Waals surface area contributed by atoms with E-state index in [-0.39, 0.29) is 11.9 Å². The second kappa shape index (κ2) is 5.83. The van der Waals surface area contributed by atoms with Gasteiger partial charge in [0.1, 0.15) is 0 Å². The van der Waals surface area contributed by atoms with Crippen LogP contribution in [-0.2, 0) is 11.8 Å². The fourth-order valence-corrected chi connectivity index (χ4v) is 1.78. The number of nitrogens with zero attached hydrogens (tertiary/aromatic N) is 3. The van der Waals surface area contributed by atoms with Gasteiger partial charge in [0.05, 0.1) is 12.2 Å². The van der Waals surface area contributed by atoms with Crippen molar-refractivity contribution < 1.29 is 4.79 Å². The van der Waals surface area contributed by atoms with Gasteiger partial charge in [0, 0.05) is 31.2 Å². The smallest absolute Gasteiger partial charge is 0.296 e. The van der Waals surface area contributed by atoms with Gasteiger partial charge in [-0.05, 0) is 24.5 Å². The Morgan fingerprint density at radius 2 is 2.26 bits per heavy atom. The lowest BCUT2D eigenvalue weighted by Gasteiger charge is -2.15. The molecule has 0 aliphatic rings. The average Bonchev–Trinajstić information content (AvgIpc) is 2.84. The van der Waals surface area contributed by atoms with Crippen molar-refractivity contribution in [3.63, 3.8) is 0 Å². The molecule has 1 amide bonds. The zero-order valence-electron chi connectivity index (χ0n) is 10.8. The number of hydrogen-bond acceptors (Lipinski definition) is 3. The first kappa shape index (κ1) is 12.8. The van der Waals surface area contributed by atoms with Crippen molar-refractivity contribution in [3.8, 4) is 11.8 Å². The van der Waals surface area contributed by atoms with Crippen LogP contribution < -0.4 is 5.32 Å². The quantitative estimate of drug-likeness (QED) is 0.833. The fraction of sp³-hybridized carbons (Fsp3) is 0.214. The number of aryl methyl sites for hydroxylation is 1. The summed E-state index contributed by atoms with van der Waals surface area (Å²) < 4.78 is 1.69. The lowest BCUT2D eigenvalue weighted by molar-refractivity contribution is -0.116. The molecule has 0 aromatic carbocycles. The summed E-state index contributed by atoms with van der Waals surface area (Å²) in [4.78, 5) is 15.8. The first-order chi connectivity index (χ1) is 9.20. The van der Waals surface area contributed by atoms with Gasteiger partial charge in [0.25, 0.3) is 5.91 Å². The molecule has 5 nitrogen and oxygen atoms in total. The number of nitrogens with one attached hydrogen (secondary N) is 1. The number of rotatable bonds is 3. The van der Waals surface area contributed by atoms with Crippen molar-refractivity contribution in [2.24, 2.45) is 7.05 Å². The van der Waals surface area contributed by atoms with Crippen LogP contribution in [0.5, 0.6) is 0 Å². The molecular formula is C14H14N4O. The minimum atomic E-state index is -0.319. The molecule has 19 heavy (non-hydrogen) atoms. The van der Waals surface area contributed by atoms with Gasteiger partial charge in [-0.1, -0.05) is 12.0 Å². The van der Waals surface area contributed by atoms with Crippen LogP contribution in [0.1, 0.15) is 24.1 Å². The molecule has 0 fully saturated rings. The Labute approximate surface area is 111 Å². The molecule has 2 rings (SSSR count). The highest BCUT2D eigenvalue weighted by atomic mass is 16.1. The molecule has 0 aliphatic carbocycles. The first-order valence-electron chi connectivity index (χ1n) is 5.82. The monoisotopic (exact) mass is 254 g/mol. The third kappa shape index (κ3) is 3.19. The summed E-state index contributed by atoms with van der Waals surface area (Å²) in [5, 5.41) is 6.98. The molecule has 2 aromatic heterocycles. The summed E-state index contributed by atoms with van der Waals surface area (Å²) in [6, 6.07) is 3.44. The Hall–Kier alpha value is -2.61. The molecule has 1 N–H and O–H groups in total. The minimum absolute atomic E-state index is 0.296. The summed E-state index contributed by atoms with van der Waals surface area (Å²) in [5.41, 5.74) is 1.78. The molecular weight excluding hydrogens is 240 g/mol. The molecule has 96 valence electrons. The predicted octanol–water partition coefficient (Wildman–Crippen LogP) is 1.04. The Kier molecular flexibility index (Phi) is 3.94. The largest absolute Gasteiger partial charge is 0.334 e. The highest BCUT2D eigenvalue weighted by Gasteiger charge is 2.17. The molecule has 0 aliphatic heterocycles. The van der Waals surface area contributed by atoms with Crippen LogP contribution >= 0.6 is 0 Å². The molecule has 2 heterocycles. The minimum Gasteiger partial charge on any atom is -0.334 e. The van der Waals surface area contributed by atoms with Crippen molar-refractivity contribution in [3.05, 3.63) is 48.0 Å². The van der Waals surface area contributed by atoms with E-state index in [0.29, 0.717) is 0 Å². The second-order valence-corrected chi connectivity index (χ2v) is 4.02. The third-order valence-electron chi connectivity index (χ3n) is 2.59. The first-order valence-corrected chi connectivity index (χ1v) is 5.82. The lowest BCUT2D eigenvalue weighted by atomic mass is 10.0. The van der Waals surface area contributed by atoms with Gasteiger partial charge in [0.15, 0.2) is 0 Å². The predicted molar refractivity (Wildman–Crippen MR) is 70.9 cm³/mol. The van der Waals surface area contributed by atoms with Crippen LogP contribution in [0.2, 0.25) is 0 Å². The van der Waals surface area contributed by atoms with Crippen molar-refractivity contribution in [2.45, 2.75) is 13.0 Å². The Bertz CT molecular complexity index is 622. The highest BCUT2D eigenvalue weighted by Crippen LogP contribution is 2.20. The number of carbonyl (C=O) groups is 1. The van der Waals surface area contributed by atoms with E-state index in [2.05, 4.69) is 27.2 Å². The van der Waals surface area contributed by atoms with E-state index in [1.54, 1.807) is 30.2 Å². The maximum atomic E-state index is 11.7. The molecule has 2 aromatic rings. The van der Waals surface area contributed by atoms with Gasteiger partial charge in [0.2, 0.25) is 0 Å². The van der Waals surface area contributed by atoms with Crippen LogP contribution in [-0.4, -0.2) is 20.7 Å². The van der Waals surface area contributed by atoms with Crippen molar-refractivity contribution in [1.82, 2.24) is 20.1 Å². The van der Waals surface area contributed by atoms with Crippen molar-refractivity contribution >= 4 is 5.91 Å². The Morgan fingerprint density at radius 1 is 1.42 bits per heavy atom. The van der Waals surface area contributed by atoms with Crippen molar-refractivity contribution in [2.75, 3.05) is 0 Å². The zero-order chi connectivity index (χ0) is 13.7. The maximum absolute atomic E-state index is 11.7. The number of aromatic nitrogens is 3. The molecule has 0 saturated carbocycles. The van der Waals surface area contributed by atoms with E-state index < -0.39 is 0 Å². The normalized spacial score (nSPS) is 11.3. The molecule has 1 atom stereocenters. The van der Waals surface area contributed by atoms with Gasteiger partial charge in [-0.25, -0.2) is 0 Å². The van der Waals surface area contributed by atoms with Gasteiger partial charge < -0.3 is 5.32 Å². The summed E-state index contributed by atoms with van der Waals surface area (Å²) >= 11 is 0. The third-order valence-corrected chi connectivity index (χ3v) is 2.59. The van der Waals surface area contributed by atoms with E-state index >= 15 is 0 Å². The average molecular weight is 254 g/mol. The Morgan fingerprint density at radius 3 is 2.84 bits per heavy atom. The summed E-state index contributed by atoms with van der Waals surface area (Å²) in [6.45, 7) is 1.63. The molecule has 0 saturated heterocycles. The molecule has 0 bridgehead atoms. The maximum Gasteiger partial charge on any atom is 0.296 e. The van der Waals surface area contributed by atoms with E-state index in [4.69, 9.17) is 0 Å². The van der Waals surface area contributed by atoms with Gasteiger partial charge >= 0.3 is 0 Å². The van der Waals surface area contributed by atoms with Crippen molar-refractivity contribution in [1.29, 1.82) is 0 Å². The van der Waals surface area contributed by atoms with Gasteiger partial charge in [-0.3, -0.25) is 14.5 Å². The topological polar surface area (TPSA) is 59.8 Å². The van der Waals surface area contributed by atoms with Crippen LogP contribution in [0, 0.1) is 11.8 Å². The van der Waals surface area contributed by atoms with Crippen LogP contribution in [0.15, 0.2) is 36.9 Å². The number of amides is 1. The lowest BCUT2D eigenvalue weighted by Crippen LogP contribution is -2.27. The zero-order valence-corrected chi connectivity index (χ0v) is 10.8. The second-order valence-electron chi connectivity index (χ2n) is 4.02. The summed E-state index contributed by atoms with van der Waals surface area (Å²) in [7, 11) is 1.83. The van der Waals surface area contributed by atoms with Crippen LogP contribution in [0.25, 0.3) is 0 Å². The molecule has 1 unspecified atom stereocenters. The number of carbonyl (C=O) groups excluding carboxylic acids is 1. The fourth-order valence-electron chi connectivity index (χ4n) is 1.78. The molecule has 5 heteroatoms.